The summed E-state index contributed by atoms with van der Waals surface area (Å²) >= 11 is 0. The molecule has 11 heteroatoms. The van der Waals surface area contributed by atoms with E-state index in [0.29, 0.717) is 22.7 Å². The Hall–Kier alpha value is -3.62. The number of sulfonamides is 1. The molecule has 0 spiro atoms. The number of hydrogen-bond acceptors (Lipinski definition) is 7. The van der Waals surface area contributed by atoms with Gasteiger partial charge in [-0.2, -0.15) is 0 Å². The van der Waals surface area contributed by atoms with Crippen molar-refractivity contribution in [3.05, 3.63) is 65.5 Å². The number of rotatable bonds is 3. The van der Waals surface area contributed by atoms with E-state index in [4.69, 9.17) is 12.3 Å². The van der Waals surface area contributed by atoms with Crippen molar-refractivity contribution in [1.82, 2.24) is 14.3 Å². The molecule has 4 rings (SSSR count). The Bertz CT molecular complexity index is 1480. The normalized spacial score (nSPS) is 21.9. The Morgan fingerprint density at radius 1 is 1.21 bits per heavy atom. The third kappa shape index (κ3) is 3.74. The first kappa shape index (κ1) is 23.5. The molecule has 34 heavy (non-hydrogen) atoms. The summed E-state index contributed by atoms with van der Waals surface area (Å²) in [7, 11) is -2.37. The highest BCUT2D eigenvalue weighted by Crippen LogP contribution is 2.37. The second-order valence-electron chi connectivity index (χ2n) is 8.90. The van der Waals surface area contributed by atoms with E-state index < -0.39 is 26.1 Å². The van der Waals surface area contributed by atoms with Crippen LogP contribution in [0.2, 0.25) is 0 Å². The second kappa shape index (κ2) is 8.00. The van der Waals surface area contributed by atoms with Crippen molar-refractivity contribution in [3.63, 3.8) is 0 Å². The zero-order chi connectivity index (χ0) is 24.9. The zero-order valence-corrected chi connectivity index (χ0v) is 20.0. The number of nitrogens with one attached hydrogen (secondary N) is 1. The van der Waals surface area contributed by atoms with Crippen molar-refractivity contribution in [2.75, 3.05) is 18.9 Å². The van der Waals surface area contributed by atoms with Gasteiger partial charge >= 0.3 is 0 Å². The number of anilines is 2. The number of aromatic nitrogens is 2. The van der Waals surface area contributed by atoms with Gasteiger partial charge in [-0.3, -0.25) is 9.98 Å². The highest BCUT2D eigenvalue weighted by Gasteiger charge is 2.48. The number of pyridine rings is 2. The van der Waals surface area contributed by atoms with Crippen LogP contribution in [0.25, 0.3) is 15.7 Å². The minimum atomic E-state index is -3.81. The first-order valence-electron chi connectivity index (χ1n) is 10.4. The van der Waals surface area contributed by atoms with Crippen LogP contribution in [0.3, 0.4) is 0 Å². The molecule has 3 N–H and O–H groups in total. The lowest BCUT2D eigenvalue weighted by atomic mass is 9.91. The van der Waals surface area contributed by atoms with Crippen molar-refractivity contribution in [2.24, 2.45) is 10.7 Å². The number of nitrogens with two attached hydrogens (primary N) is 1. The quantitative estimate of drug-likeness (QED) is 0.551. The van der Waals surface area contributed by atoms with Gasteiger partial charge in [0.25, 0.3) is 0 Å². The molecular formula is C23H24FN7O2S. The zero-order valence-electron chi connectivity index (χ0n) is 19.2. The summed E-state index contributed by atoms with van der Waals surface area (Å²) in [4.78, 5) is 16.6. The van der Waals surface area contributed by atoms with Crippen LogP contribution in [0.5, 0.6) is 0 Å². The van der Waals surface area contributed by atoms with Crippen molar-refractivity contribution in [3.8, 4) is 0 Å². The van der Waals surface area contributed by atoms with Gasteiger partial charge in [0.15, 0.2) is 5.82 Å². The molecule has 176 valence electrons. The predicted molar refractivity (Wildman–Crippen MR) is 130 cm³/mol. The molecule has 0 saturated carbocycles. The summed E-state index contributed by atoms with van der Waals surface area (Å²) in [6.07, 6.45) is 3.05. The fraction of sp³-hybridized carbons (Fsp3) is 0.304. The van der Waals surface area contributed by atoms with Crippen molar-refractivity contribution in [2.45, 2.75) is 31.1 Å². The van der Waals surface area contributed by atoms with E-state index in [9.17, 15) is 8.42 Å². The Kier molecular flexibility index (Phi) is 5.54. The molecule has 0 radical (unpaired) electrons. The minimum absolute atomic E-state index is 0.0900. The van der Waals surface area contributed by atoms with E-state index in [1.54, 1.807) is 37.4 Å². The van der Waals surface area contributed by atoms with Gasteiger partial charge in [-0.25, -0.2) is 26.9 Å². The standard InChI is InChI=1S/C23H24FN7O2S/c1-22(2)21(25)30-23(3,13-31(5)34(22,32)33)17-11-15(6-7-18(17)24)29-20-19-14(8-9-27-20)10-16(26-4)12-28-19/h6-12H,13H2,1-3,5H3,(H2,25,30)(H,27,29)/t23-/m0/s1. The number of aliphatic imine (C=N–C) groups is 1. The number of benzene rings is 1. The van der Waals surface area contributed by atoms with Crippen LogP contribution in [0.15, 0.2) is 47.7 Å². The Morgan fingerprint density at radius 2 is 1.94 bits per heavy atom. The van der Waals surface area contributed by atoms with E-state index in [0.717, 1.165) is 5.39 Å². The van der Waals surface area contributed by atoms with Crippen molar-refractivity contribution >= 4 is 44.0 Å². The smallest absolute Gasteiger partial charge is 0.226 e. The summed E-state index contributed by atoms with van der Waals surface area (Å²) < 4.78 is 40.8. The summed E-state index contributed by atoms with van der Waals surface area (Å²) in [5.74, 6) is -0.199. The van der Waals surface area contributed by atoms with Crippen LogP contribution in [0.4, 0.5) is 21.6 Å². The lowest BCUT2D eigenvalue weighted by Crippen LogP contribution is -2.50. The Morgan fingerprint density at radius 3 is 2.65 bits per heavy atom. The number of hydrogen-bond donors (Lipinski definition) is 2. The number of amidine groups is 1. The van der Waals surface area contributed by atoms with Crippen LogP contribution >= 0.6 is 0 Å². The molecule has 0 aliphatic carbocycles. The number of halogens is 1. The molecule has 1 atom stereocenters. The van der Waals surface area contributed by atoms with E-state index >= 15 is 4.39 Å². The predicted octanol–water partition coefficient (Wildman–Crippen LogP) is 3.69. The summed E-state index contributed by atoms with van der Waals surface area (Å²) in [6.45, 7) is 11.7. The van der Waals surface area contributed by atoms with Crippen molar-refractivity contribution < 1.29 is 12.8 Å². The van der Waals surface area contributed by atoms with Crippen LogP contribution in [-0.2, 0) is 15.6 Å². The third-order valence-corrected chi connectivity index (χ3v) is 8.54. The molecule has 0 amide bonds. The first-order chi connectivity index (χ1) is 15.9. The molecule has 1 aliphatic heterocycles. The van der Waals surface area contributed by atoms with Gasteiger partial charge in [0.1, 0.15) is 27.5 Å². The molecule has 0 fully saturated rings. The molecule has 0 bridgehead atoms. The summed E-state index contributed by atoms with van der Waals surface area (Å²) in [5.41, 5.74) is 6.52. The lowest BCUT2D eigenvalue weighted by Gasteiger charge is -2.29. The van der Waals surface area contributed by atoms with Gasteiger partial charge in [0.2, 0.25) is 15.7 Å². The molecule has 1 aromatic carbocycles. The highest BCUT2D eigenvalue weighted by atomic mass is 32.2. The summed E-state index contributed by atoms with van der Waals surface area (Å²) in [5, 5.41) is 3.88. The molecule has 9 nitrogen and oxygen atoms in total. The van der Waals surface area contributed by atoms with E-state index in [1.165, 1.54) is 37.5 Å². The van der Waals surface area contributed by atoms with Crippen LogP contribution in [0.1, 0.15) is 26.3 Å². The average molecular weight is 482 g/mol. The minimum Gasteiger partial charge on any atom is -0.386 e. The van der Waals surface area contributed by atoms with Crippen LogP contribution in [-0.4, -0.2) is 46.9 Å². The number of fused-ring (bicyclic) bond motifs is 1. The van der Waals surface area contributed by atoms with Crippen LogP contribution in [0, 0.1) is 12.4 Å². The van der Waals surface area contributed by atoms with Crippen molar-refractivity contribution in [1.29, 1.82) is 0 Å². The largest absolute Gasteiger partial charge is 0.386 e. The summed E-state index contributed by atoms with van der Waals surface area (Å²) in [6, 6.07) is 7.86. The van der Waals surface area contributed by atoms with Gasteiger partial charge in [0, 0.05) is 37.2 Å². The van der Waals surface area contributed by atoms with Gasteiger partial charge in [0.05, 0.1) is 6.57 Å². The molecule has 3 heterocycles. The van der Waals surface area contributed by atoms with Crippen LogP contribution < -0.4 is 11.1 Å². The lowest BCUT2D eigenvalue weighted by molar-refractivity contribution is 0.355. The van der Waals surface area contributed by atoms with Gasteiger partial charge in [-0.15, -0.1) is 0 Å². The maximum Gasteiger partial charge on any atom is 0.226 e. The molecule has 3 aromatic rings. The third-order valence-electron chi connectivity index (χ3n) is 6.09. The number of nitrogens with zero attached hydrogens (tertiary/aromatic N) is 5. The first-order valence-corrected chi connectivity index (χ1v) is 11.8. The topological polar surface area (TPSA) is 118 Å². The maximum atomic E-state index is 15.1. The fourth-order valence-corrected chi connectivity index (χ4v) is 5.49. The van der Waals surface area contributed by atoms with Gasteiger partial charge < -0.3 is 11.1 Å². The second-order valence-corrected chi connectivity index (χ2v) is 11.5. The highest BCUT2D eigenvalue weighted by molar-refractivity contribution is 7.91. The monoisotopic (exact) mass is 481 g/mol. The van der Waals surface area contributed by atoms with Gasteiger partial charge in [-0.1, -0.05) is 0 Å². The SMILES string of the molecule is [C-]#[N+]c1cnc2c(Nc3ccc(F)c([C@]4(C)CN(C)S(=O)(=O)C(C)(C)C(N)=N4)c3)nccc2c1. The molecule has 2 aromatic heterocycles. The average Bonchev–Trinajstić information content (AvgIpc) is 2.83. The molecule has 0 unspecified atom stereocenters. The van der Waals surface area contributed by atoms with E-state index in [1.807, 2.05) is 0 Å². The van der Waals surface area contributed by atoms with E-state index in [-0.39, 0.29) is 17.9 Å². The Labute approximate surface area is 197 Å². The molecule has 0 saturated heterocycles. The van der Waals surface area contributed by atoms with E-state index in [2.05, 4.69) is 25.1 Å². The number of likely N-dealkylation sites (N-methyl/N-ethyl adjacent to an activating group) is 1. The fourth-order valence-electron chi connectivity index (χ4n) is 3.97. The molecule has 1 aliphatic rings. The van der Waals surface area contributed by atoms with Gasteiger partial charge in [-0.05, 0) is 56.5 Å². The molecular weight excluding hydrogens is 457 g/mol. The maximum absolute atomic E-state index is 15.1. The Balaban J connectivity index is 1.79.